The van der Waals surface area contributed by atoms with Crippen LogP contribution in [0.5, 0.6) is 0 Å². The lowest BCUT2D eigenvalue weighted by Gasteiger charge is -2.28. The lowest BCUT2D eigenvalue weighted by atomic mass is 9.85. The van der Waals surface area contributed by atoms with E-state index < -0.39 is 9.84 Å². The molecule has 1 aliphatic rings. The second kappa shape index (κ2) is 5.56. The van der Waals surface area contributed by atoms with Crippen LogP contribution in [-0.2, 0) is 16.3 Å². The zero-order valence-electron chi connectivity index (χ0n) is 12.8. The monoisotopic (exact) mass is 338 g/mol. The van der Waals surface area contributed by atoms with Crippen molar-refractivity contribution in [2.24, 2.45) is 0 Å². The van der Waals surface area contributed by atoms with Crippen molar-refractivity contribution >= 4 is 9.84 Å². The average Bonchev–Trinajstić information content (AvgIpc) is 2.61. The number of halogens is 1. The Bertz CT molecular complexity index is 954. The third-order valence-electron chi connectivity index (χ3n) is 4.52. The molecule has 0 saturated heterocycles. The van der Waals surface area contributed by atoms with Gasteiger partial charge >= 0.3 is 0 Å². The molecule has 0 atom stereocenters. The fourth-order valence-electron chi connectivity index (χ4n) is 3.39. The summed E-state index contributed by atoms with van der Waals surface area (Å²) in [6.45, 7) is 0. The van der Waals surface area contributed by atoms with Gasteiger partial charge in [0.2, 0.25) is 9.84 Å². The minimum Gasteiger partial charge on any atom is -0.218 e. The fraction of sp³-hybridized carbons (Fsp3) is 0.100. The molecule has 0 unspecified atom stereocenters. The highest BCUT2D eigenvalue weighted by Crippen LogP contribution is 2.43. The molecule has 0 spiro atoms. The molecule has 120 valence electrons. The number of hydrogen-bond acceptors (Lipinski definition) is 2. The molecule has 0 N–H and O–H groups in total. The number of rotatable bonds is 2. The molecule has 0 amide bonds. The lowest BCUT2D eigenvalue weighted by molar-refractivity contribution is 0.585. The number of hydrogen-bond donors (Lipinski definition) is 0. The van der Waals surface area contributed by atoms with E-state index in [-0.39, 0.29) is 11.7 Å². The largest absolute Gasteiger partial charge is 0.218 e. The van der Waals surface area contributed by atoms with Crippen LogP contribution < -0.4 is 0 Å². The number of benzene rings is 3. The standard InChI is InChI=1S/C20H15FO2S/c21-15-11-9-14(10-12-15)13-18-16-5-1-3-7-19(16)24(22,23)20-8-4-2-6-17(18)20/h1-12,18H,13H2. The molecule has 0 radical (unpaired) electrons. The molecule has 1 aliphatic heterocycles. The highest BCUT2D eigenvalue weighted by molar-refractivity contribution is 7.91. The van der Waals surface area contributed by atoms with Gasteiger partial charge in [-0.25, -0.2) is 12.8 Å². The van der Waals surface area contributed by atoms with E-state index in [0.717, 1.165) is 16.7 Å². The van der Waals surface area contributed by atoms with Crippen LogP contribution in [0.15, 0.2) is 82.6 Å². The Morgan fingerprint density at radius 3 is 1.79 bits per heavy atom. The third-order valence-corrected chi connectivity index (χ3v) is 6.42. The van der Waals surface area contributed by atoms with E-state index in [0.29, 0.717) is 16.2 Å². The topological polar surface area (TPSA) is 34.1 Å². The highest BCUT2D eigenvalue weighted by Gasteiger charge is 2.34. The van der Waals surface area contributed by atoms with Gasteiger partial charge < -0.3 is 0 Å². The summed E-state index contributed by atoms with van der Waals surface area (Å²) >= 11 is 0. The van der Waals surface area contributed by atoms with Gasteiger partial charge in [-0.05, 0) is 47.4 Å². The Morgan fingerprint density at radius 1 is 0.750 bits per heavy atom. The Morgan fingerprint density at radius 2 is 1.25 bits per heavy atom. The van der Waals surface area contributed by atoms with E-state index in [1.807, 2.05) is 24.3 Å². The molecule has 4 heteroatoms. The van der Waals surface area contributed by atoms with Gasteiger partial charge in [0.15, 0.2) is 0 Å². The SMILES string of the molecule is O=S1(=O)c2ccccc2C(Cc2ccc(F)cc2)c2ccccc21. The maximum Gasteiger partial charge on any atom is 0.207 e. The first kappa shape index (κ1) is 15.1. The van der Waals surface area contributed by atoms with Crippen molar-refractivity contribution in [2.45, 2.75) is 22.1 Å². The molecule has 3 aromatic rings. The molecule has 0 saturated carbocycles. The first-order valence-corrected chi connectivity index (χ1v) is 9.23. The van der Waals surface area contributed by atoms with Crippen LogP contribution in [0.1, 0.15) is 22.6 Å². The van der Waals surface area contributed by atoms with Gasteiger partial charge in [0.05, 0.1) is 9.79 Å². The molecule has 0 bridgehead atoms. The predicted molar refractivity (Wildman–Crippen MR) is 90.3 cm³/mol. The highest BCUT2D eigenvalue weighted by atomic mass is 32.2. The summed E-state index contributed by atoms with van der Waals surface area (Å²) in [6, 6.07) is 20.7. The van der Waals surface area contributed by atoms with Crippen molar-refractivity contribution in [3.8, 4) is 0 Å². The molecule has 0 fully saturated rings. The van der Waals surface area contributed by atoms with Crippen LogP contribution in [0.2, 0.25) is 0 Å². The molecule has 0 aromatic heterocycles. The number of sulfone groups is 1. The van der Waals surface area contributed by atoms with Gasteiger partial charge in [-0.2, -0.15) is 0 Å². The van der Waals surface area contributed by atoms with E-state index in [1.54, 1.807) is 36.4 Å². The summed E-state index contributed by atoms with van der Waals surface area (Å²) in [5.41, 5.74) is 2.59. The van der Waals surface area contributed by atoms with E-state index >= 15 is 0 Å². The smallest absolute Gasteiger partial charge is 0.207 e. The van der Waals surface area contributed by atoms with Gasteiger partial charge in [0, 0.05) is 5.92 Å². The predicted octanol–water partition coefficient (Wildman–Crippen LogP) is 4.35. The second-order valence-electron chi connectivity index (χ2n) is 5.96. The van der Waals surface area contributed by atoms with Crippen LogP contribution in [0, 0.1) is 5.82 Å². The quantitative estimate of drug-likeness (QED) is 0.696. The zero-order valence-corrected chi connectivity index (χ0v) is 13.6. The van der Waals surface area contributed by atoms with Crippen molar-refractivity contribution in [1.82, 2.24) is 0 Å². The van der Waals surface area contributed by atoms with Gasteiger partial charge in [-0.3, -0.25) is 0 Å². The molecule has 1 heterocycles. The van der Waals surface area contributed by atoms with Crippen molar-refractivity contribution in [2.75, 3.05) is 0 Å². The van der Waals surface area contributed by atoms with E-state index in [4.69, 9.17) is 0 Å². The normalized spacial score (nSPS) is 15.5. The average molecular weight is 338 g/mol. The van der Waals surface area contributed by atoms with Crippen LogP contribution in [-0.4, -0.2) is 8.42 Å². The fourth-order valence-corrected chi connectivity index (χ4v) is 5.18. The minimum absolute atomic E-state index is 0.0635. The van der Waals surface area contributed by atoms with Gasteiger partial charge in [-0.15, -0.1) is 0 Å². The van der Waals surface area contributed by atoms with E-state index in [2.05, 4.69) is 0 Å². The van der Waals surface area contributed by atoms with Crippen molar-refractivity contribution < 1.29 is 12.8 Å². The minimum atomic E-state index is -3.49. The summed E-state index contributed by atoms with van der Waals surface area (Å²) in [4.78, 5) is 0.742. The molecule has 3 aromatic carbocycles. The van der Waals surface area contributed by atoms with Gasteiger partial charge in [0.1, 0.15) is 5.82 Å². The number of fused-ring (bicyclic) bond motifs is 2. The van der Waals surface area contributed by atoms with Gasteiger partial charge in [-0.1, -0.05) is 48.5 Å². The molecular weight excluding hydrogens is 323 g/mol. The first-order chi connectivity index (χ1) is 11.6. The molecule has 2 nitrogen and oxygen atoms in total. The Hall–Kier alpha value is -2.46. The first-order valence-electron chi connectivity index (χ1n) is 7.75. The Labute approximate surface area is 140 Å². The maximum atomic E-state index is 13.2. The summed E-state index contributed by atoms with van der Waals surface area (Å²) < 4.78 is 38.9. The van der Waals surface area contributed by atoms with Crippen molar-refractivity contribution in [1.29, 1.82) is 0 Å². The van der Waals surface area contributed by atoms with Gasteiger partial charge in [0.25, 0.3) is 0 Å². The van der Waals surface area contributed by atoms with E-state index in [1.165, 1.54) is 12.1 Å². The van der Waals surface area contributed by atoms with Crippen LogP contribution in [0.4, 0.5) is 4.39 Å². The third kappa shape index (κ3) is 2.34. The molecule has 24 heavy (non-hydrogen) atoms. The Kier molecular flexibility index (Phi) is 3.50. The molecule has 0 aliphatic carbocycles. The Balaban J connectivity index is 1.90. The molecular formula is C20H15FO2S. The van der Waals surface area contributed by atoms with Crippen molar-refractivity contribution in [3.63, 3.8) is 0 Å². The summed E-state index contributed by atoms with van der Waals surface area (Å²) in [5.74, 6) is -0.336. The van der Waals surface area contributed by atoms with Crippen molar-refractivity contribution in [3.05, 3.63) is 95.3 Å². The van der Waals surface area contributed by atoms with E-state index in [9.17, 15) is 12.8 Å². The van der Waals surface area contributed by atoms with Crippen LogP contribution >= 0.6 is 0 Å². The van der Waals surface area contributed by atoms with Crippen LogP contribution in [0.3, 0.4) is 0 Å². The summed E-state index contributed by atoms with van der Waals surface area (Å²) in [6.07, 6.45) is 0.629. The maximum absolute atomic E-state index is 13.2. The van der Waals surface area contributed by atoms with Crippen LogP contribution in [0.25, 0.3) is 0 Å². The summed E-state index contributed by atoms with van der Waals surface area (Å²) in [7, 11) is -3.49. The summed E-state index contributed by atoms with van der Waals surface area (Å²) in [5, 5.41) is 0. The zero-order chi connectivity index (χ0) is 16.7. The molecule has 4 rings (SSSR count). The second-order valence-corrected chi connectivity index (χ2v) is 7.85. The lowest BCUT2D eigenvalue weighted by Crippen LogP contribution is -2.20.